The number of rotatable bonds is 4. The van der Waals surface area contributed by atoms with Crippen molar-refractivity contribution in [1.29, 1.82) is 0 Å². The Morgan fingerprint density at radius 2 is 2.24 bits per heavy atom. The molecule has 1 aromatic carbocycles. The second-order valence-electron chi connectivity index (χ2n) is 3.50. The van der Waals surface area contributed by atoms with E-state index in [1.54, 1.807) is 22.9 Å². The van der Waals surface area contributed by atoms with Crippen LogP contribution in [0.25, 0.3) is 11.4 Å². The van der Waals surface area contributed by atoms with Crippen molar-refractivity contribution in [3.63, 3.8) is 0 Å². The van der Waals surface area contributed by atoms with Crippen molar-refractivity contribution in [1.82, 2.24) is 20.2 Å². The van der Waals surface area contributed by atoms with Crippen molar-refractivity contribution in [3.05, 3.63) is 23.2 Å². The number of halogens is 2. The van der Waals surface area contributed by atoms with Gasteiger partial charge in [-0.15, -0.1) is 5.10 Å². The van der Waals surface area contributed by atoms with Crippen LogP contribution < -0.4 is 5.73 Å². The van der Waals surface area contributed by atoms with Crippen LogP contribution in [0.1, 0.15) is 6.42 Å². The lowest BCUT2D eigenvalue weighted by Crippen LogP contribution is -2.04. The fourth-order valence-corrected chi connectivity index (χ4v) is 1.57. The zero-order chi connectivity index (χ0) is 12.3. The topological polar surface area (TPSA) is 69.6 Å². The summed E-state index contributed by atoms with van der Waals surface area (Å²) in [6.07, 6.45) is 0.376. The Hall–Kier alpha value is -1.69. The Bertz CT molecular complexity index is 513. The monoisotopic (exact) mass is 255 g/mol. The van der Waals surface area contributed by atoms with E-state index >= 15 is 0 Å². The highest BCUT2D eigenvalue weighted by molar-refractivity contribution is 6.33. The standard InChI is InChI=1S/C10H11ClFN5/c11-8-3-2-7(6-9(8)13)10-14-15-16-17(10)5-1-4-12/h2-3,6H,1,4-5,13H2. The second-order valence-corrected chi connectivity index (χ2v) is 3.91. The third-order valence-corrected chi connectivity index (χ3v) is 2.63. The molecule has 90 valence electrons. The van der Waals surface area contributed by atoms with E-state index in [4.69, 9.17) is 17.3 Å². The van der Waals surface area contributed by atoms with E-state index in [-0.39, 0.29) is 0 Å². The molecule has 0 saturated heterocycles. The van der Waals surface area contributed by atoms with Crippen molar-refractivity contribution < 1.29 is 4.39 Å². The molecule has 0 fully saturated rings. The van der Waals surface area contributed by atoms with E-state index in [2.05, 4.69) is 15.5 Å². The average Bonchev–Trinajstić information content (AvgIpc) is 2.78. The van der Waals surface area contributed by atoms with Crippen LogP contribution in [0.5, 0.6) is 0 Å². The van der Waals surface area contributed by atoms with Gasteiger partial charge in [-0.2, -0.15) is 0 Å². The first-order valence-corrected chi connectivity index (χ1v) is 5.47. The highest BCUT2D eigenvalue weighted by Crippen LogP contribution is 2.25. The normalized spacial score (nSPS) is 10.7. The van der Waals surface area contributed by atoms with Gasteiger partial charge in [0.15, 0.2) is 5.82 Å². The number of benzene rings is 1. The third kappa shape index (κ3) is 2.52. The number of aromatic nitrogens is 4. The Balaban J connectivity index is 2.32. The zero-order valence-corrected chi connectivity index (χ0v) is 9.73. The first-order valence-electron chi connectivity index (χ1n) is 5.10. The molecule has 7 heteroatoms. The van der Waals surface area contributed by atoms with Crippen LogP contribution in [0, 0.1) is 0 Å². The van der Waals surface area contributed by atoms with Crippen molar-refractivity contribution >= 4 is 17.3 Å². The van der Waals surface area contributed by atoms with Gasteiger partial charge in [0.25, 0.3) is 0 Å². The molecule has 0 aliphatic carbocycles. The molecule has 0 aliphatic heterocycles. The maximum absolute atomic E-state index is 12.1. The molecule has 0 amide bonds. The van der Waals surface area contributed by atoms with Crippen LogP contribution in [0.15, 0.2) is 18.2 Å². The summed E-state index contributed by atoms with van der Waals surface area (Å²) in [4.78, 5) is 0. The summed E-state index contributed by atoms with van der Waals surface area (Å²) in [6.45, 7) is 0.0312. The van der Waals surface area contributed by atoms with Gasteiger partial charge >= 0.3 is 0 Å². The van der Waals surface area contributed by atoms with E-state index in [0.29, 0.717) is 29.5 Å². The summed E-state index contributed by atoms with van der Waals surface area (Å²) in [5.41, 5.74) is 6.93. The van der Waals surface area contributed by atoms with Crippen LogP contribution in [0.4, 0.5) is 10.1 Å². The minimum Gasteiger partial charge on any atom is -0.398 e. The predicted molar refractivity (Wildman–Crippen MR) is 63.3 cm³/mol. The van der Waals surface area contributed by atoms with Crippen LogP contribution in [0.3, 0.4) is 0 Å². The molecule has 2 rings (SSSR count). The molecule has 17 heavy (non-hydrogen) atoms. The van der Waals surface area contributed by atoms with Gasteiger partial charge in [0, 0.05) is 12.1 Å². The van der Waals surface area contributed by atoms with E-state index in [1.807, 2.05) is 0 Å². The summed E-state index contributed by atoms with van der Waals surface area (Å²) in [6, 6.07) is 5.15. The summed E-state index contributed by atoms with van der Waals surface area (Å²) >= 11 is 5.83. The first-order chi connectivity index (χ1) is 8.22. The molecule has 5 nitrogen and oxygen atoms in total. The van der Waals surface area contributed by atoms with Crippen LogP contribution >= 0.6 is 11.6 Å². The van der Waals surface area contributed by atoms with E-state index < -0.39 is 6.67 Å². The summed E-state index contributed by atoms with van der Waals surface area (Å²) in [5, 5.41) is 11.7. The Morgan fingerprint density at radius 3 is 2.94 bits per heavy atom. The lowest BCUT2D eigenvalue weighted by Gasteiger charge is -2.04. The third-order valence-electron chi connectivity index (χ3n) is 2.29. The largest absolute Gasteiger partial charge is 0.398 e. The molecule has 0 spiro atoms. The van der Waals surface area contributed by atoms with Gasteiger partial charge in [0.1, 0.15) is 0 Å². The molecule has 1 heterocycles. The molecule has 0 aliphatic rings. The molecule has 2 N–H and O–H groups in total. The van der Waals surface area contributed by atoms with Gasteiger partial charge in [-0.05, 0) is 35.0 Å². The van der Waals surface area contributed by atoms with E-state index in [1.165, 1.54) is 0 Å². The van der Waals surface area contributed by atoms with Crippen LogP contribution in [0.2, 0.25) is 5.02 Å². The predicted octanol–water partition coefficient (Wildman–Crippen LogP) is 1.94. The highest BCUT2D eigenvalue weighted by Gasteiger charge is 2.09. The number of aryl methyl sites for hydroxylation is 1. The lowest BCUT2D eigenvalue weighted by molar-refractivity contribution is 0.432. The van der Waals surface area contributed by atoms with Crippen molar-refractivity contribution in [3.8, 4) is 11.4 Å². The number of alkyl halides is 1. The minimum absolute atomic E-state index is 0.376. The minimum atomic E-state index is -0.401. The summed E-state index contributed by atoms with van der Waals surface area (Å²) in [7, 11) is 0. The SMILES string of the molecule is Nc1cc(-c2nnnn2CCCF)ccc1Cl. The molecule has 0 atom stereocenters. The summed E-state index contributed by atoms with van der Waals surface area (Å²) in [5.74, 6) is 0.557. The van der Waals surface area contributed by atoms with Gasteiger partial charge in [-0.3, -0.25) is 4.39 Å². The van der Waals surface area contributed by atoms with Gasteiger partial charge in [-0.1, -0.05) is 11.6 Å². The number of hydrogen-bond donors (Lipinski definition) is 1. The quantitative estimate of drug-likeness (QED) is 0.848. The molecular formula is C10H11ClFN5. The highest BCUT2D eigenvalue weighted by atomic mass is 35.5. The fraction of sp³-hybridized carbons (Fsp3) is 0.300. The number of hydrogen-bond acceptors (Lipinski definition) is 4. The van der Waals surface area contributed by atoms with Crippen LogP contribution in [-0.4, -0.2) is 26.9 Å². The maximum atomic E-state index is 12.1. The lowest BCUT2D eigenvalue weighted by atomic mass is 10.2. The van der Waals surface area contributed by atoms with Gasteiger partial charge in [-0.25, -0.2) is 4.68 Å². The molecule has 0 unspecified atom stereocenters. The number of nitrogen functional groups attached to an aromatic ring is 1. The fourth-order valence-electron chi connectivity index (χ4n) is 1.45. The number of nitrogens with two attached hydrogens (primary N) is 1. The van der Waals surface area contributed by atoms with Crippen molar-refractivity contribution in [2.24, 2.45) is 0 Å². The second kappa shape index (κ2) is 5.09. The number of nitrogens with zero attached hydrogens (tertiary/aromatic N) is 4. The van der Waals surface area contributed by atoms with Gasteiger partial charge in [0.2, 0.25) is 0 Å². The Morgan fingerprint density at radius 1 is 1.41 bits per heavy atom. The summed E-state index contributed by atoms with van der Waals surface area (Å²) < 4.78 is 13.7. The van der Waals surface area contributed by atoms with E-state index in [0.717, 1.165) is 5.56 Å². The van der Waals surface area contributed by atoms with Crippen LogP contribution in [-0.2, 0) is 6.54 Å². The molecule has 0 radical (unpaired) electrons. The Labute approximate surface area is 102 Å². The molecule has 1 aromatic heterocycles. The van der Waals surface area contributed by atoms with Gasteiger partial charge < -0.3 is 5.73 Å². The molecule has 0 saturated carbocycles. The first kappa shape index (κ1) is 11.8. The number of anilines is 1. The average molecular weight is 256 g/mol. The zero-order valence-electron chi connectivity index (χ0n) is 8.98. The molecule has 2 aromatic rings. The Kier molecular flexibility index (Phi) is 3.53. The number of tetrazole rings is 1. The van der Waals surface area contributed by atoms with Crippen molar-refractivity contribution in [2.75, 3.05) is 12.4 Å². The van der Waals surface area contributed by atoms with Gasteiger partial charge in [0.05, 0.1) is 17.4 Å². The smallest absolute Gasteiger partial charge is 0.182 e. The molecular weight excluding hydrogens is 245 g/mol. The maximum Gasteiger partial charge on any atom is 0.182 e. The molecule has 0 bridgehead atoms. The van der Waals surface area contributed by atoms with Crippen molar-refractivity contribution in [2.45, 2.75) is 13.0 Å². The van der Waals surface area contributed by atoms with E-state index in [9.17, 15) is 4.39 Å².